The van der Waals surface area contributed by atoms with E-state index in [1.54, 1.807) is 0 Å². The van der Waals surface area contributed by atoms with E-state index >= 15 is 0 Å². The van der Waals surface area contributed by atoms with Crippen LogP contribution >= 0.6 is 0 Å². The van der Waals surface area contributed by atoms with Crippen LogP contribution in [0.3, 0.4) is 0 Å². The molecule has 4 nitrogen and oxygen atoms in total. The fourth-order valence-corrected chi connectivity index (χ4v) is 4.91. The van der Waals surface area contributed by atoms with Gasteiger partial charge in [0.15, 0.2) is 0 Å². The molecule has 0 unspecified atom stereocenters. The van der Waals surface area contributed by atoms with E-state index in [1.807, 2.05) is 24.3 Å². The Morgan fingerprint density at radius 3 is 2.70 bits per heavy atom. The van der Waals surface area contributed by atoms with Gasteiger partial charge in [0, 0.05) is 18.2 Å². The molecule has 1 N–H and O–H groups in total. The lowest BCUT2D eigenvalue weighted by atomic mass is 9.86. The lowest BCUT2D eigenvalue weighted by Gasteiger charge is -2.26. The van der Waals surface area contributed by atoms with Crippen LogP contribution in [0.25, 0.3) is 0 Å². The Labute approximate surface area is 199 Å². The molecule has 0 bridgehead atoms. The number of fused-ring (bicyclic) bond motifs is 1. The number of carbonyl (C=O) groups excluding carboxylic acids is 1. The Morgan fingerprint density at radius 2 is 1.94 bits per heavy atom. The van der Waals surface area contributed by atoms with E-state index in [9.17, 15) is 4.79 Å². The largest absolute Gasteiger partial charge is 0.491 e. The van der Waals surface area contributed by atoms with Crippen LogP contribution in [0.4, 0.5) is 0 Å². The maximum Gasteiger partial charge on any atom is 0.251 e. The van der Waals surface area contributed by atoms with Crippen molar-refractivity contribution in [2.75, 3.05) is 13.2 Å². The van der Waals surface area contributed by atoms with Crippen molar-refractivity contribution in [1.82, 2.24) is 5.32 Å². The highest BCUT2D eigenvalue weighted by Crippen LogP contribution is 2.24. The number of benzene rings is 2. The number of hydrogen-bond donors (Lipinski definition) is 1. The molecule has 1 heterocycles. The number of ether oxygens (including phenoxy) is 2. The normalized spacial score (nSPS) is 20.0. The number of rotatable bonds is 10. The zero-order valence-electron chi connectivity index (χ0n) is 20.3. The molecular formula is C29H39NO3. The van der Waals surface area contributed by atoms with Crippen molar-refractivity contribution < 1.29 is 14.3 Å². The summed E-state index contributed by atoms with van der Waals surface area (Å²) in [6, 6.07) is 14.6. The van der Waals surface area contributed by atoms with Crippen LogP contribution in [0.5, 0.6) is 5.75 Å². The van der Waals surface area contributed by atoms with Crippen LogP contribution < -0.4 is 10.1 Å². The van der Waals surface area contributed by atoms with Gasteiger partial charge < -0.3 is 14.8 Å². The summed E-state index contributed by atoms with van der Waals surface area (Å²) in [5.41, 5.74) is 4.99. The molecule has 1 aliphatic heterocycles. The van der Waals surface area contributed by atoms with Gasteiger partial charge in [-0.15, -0.1) is 0 Å². The van der Waals surface area contributed by atoms with Gasteiger partial charge in [0.1, 0.15) is 12.4 Å². The molecule has 2 aromatic carbocycles. The van der Waals surface area contributed by atoms with E-state index in [0.717, 1.165) is 50.4 Å². The standard InChI is InChI=1S/C29H39NO3/c1-21(2)6-3-4-7-22-9-10-25-19-26(14-11-24(25)18-22)30-29(31)23-12-15-27(16-13-23)33-20-28-8-5-17-32-28/h9-10,12-13,15-16,18,21,26,28H,3-8,11,14,17,19-20H2,1-2H3,(H,30,31)/t26-,28-/m0/s1. The summed E-state index contributed by atoms with van der Waals surface area (Å²) >= 11 is 0. The average molecular weight is 450 g/mol. The minimum atomic E-state index is -0.00380. The first-order chi connectivity index (χ1) is 16.1. The highest BCUT2D eigenvalue weighted by Gasteiger charge is 2.21. The van der Waals surface area contributed by atoms with Crippen LogP contribution in [-0.4, -0.2) is 31.3 Å². The van der Waals surface area contributed by atoms with Gasteiger partial charge in [-0.05, 0) is 91.8 Å². The second kappa shape index (κ2) is 11.7. The third-order valence-corrected chi connectivity index (χ3v) is 6.91. The molecule has 2 aromatic rings. The van der Waals surface area contributed by atoms with Gasteiger partial charge in [-0.3, -0.25) is 4.79 Å². The van der Waals surface area contributed by atoms with E-state index < -0.39 is 0 Å². The Kier molecular flexibility index (Phi) is 8.44. The van der Waals surface area contributed by atoms with Crippen molar-refractivity contribution in [1.29, 1.82) is 0 Å². The molecule has 2 aliphatic rings. The molecule has 1 saturated heterocycles. The molecule has 2 atom stereocenters. The third-order valence-electron chi connectivity index (χ3n) is 6.91. The lowest BCUT2D eigenvalue weighted by Crippen LogP contribution is -2.38. The zero-order valence-corrected chi connectivity index (χ0v) is 20.3. The summed E-state index contributed by atoms with van der Waals surface area (Å²) in [5, 5.41) is 3.24. The van der Waals surface area contributed by atoms with Crippen LogP contribution in [-0.2, 0) is 24.0 Å². The number of nitrogens with one attached hydrogen (secondary N) is 1. The maximum absolute atomic E-state index is 12.8. The topological polar surface area (TPSA) is 47.6 Å². The van der Waals surface area contributed by atoms with E-state index in [1.165, 1.54) is 42.4 Å². The minimum absolute atomic E-state index is 0.00380. The van der Waals surface area contributed by atoms with Crippen molar-refractivity contribution in [2.24, 2.45) is 5.92 Å². The smallest absolute Gasteiger partial charge is 0.251 e. The van der Waals surface area contributed by atoms with Gasteiger partial charge in [-0.25, -0.2) is 0 Å². The quantitative estimate of drug-likeness (QED) is 0.459. The van der Waals surface area contributed by atoms with E-state index in [-0.39, 0.29) is 18.1 Å². The molecule has 33 heavy (non-hydrogen) atoms. The molecule has 1 amide bonds. The van der Waals surface area contributed by atoms with Gasteiger partial charge in [0.05, 0.1) is 6.10 Å². The second-order valence-electron chi connectivity index (χ2n) is 10.1. The Bertz CT molecular complexity index is 900. The Balaban J connectivity index is 1.24. The summed E-state index contributed by atoms with van der Waals surface area (Å²) < 4.78 is 11.4. The molecule has 0 saturated carbocycles. The van der Waals surface area contributed by atoms with Crippen molar-refractivity contribution in [2.45, 2.75) is 83.8 Å². The summed E-state index contributed by atoms with van der Waals surface area (Å²) in [4.78, 5) is 12.8. The lowest BCUT2D eigenvalue weighted by molar-refractivity contribution is 0.0679. The molecule has 0 aromatic heterocycles. The molecular weight excluding hydrogens is 410 g/mol. The predicted molar refractivity (Wildman–Crippen MR) is 133 cm³/mol. The number of carbonyl (C=O) groups is 1. The highest BCUT2D eigenvalue weighted by molar-refractivity contribution is 5.94. The molecule has 1 aliphatic carbocycles. The maximum atomic E-state index is 12.8. The highest BCUT2D eigenvalue weighted by atomic mass is 16.5. The molecule has 4 heteroatoms. The predicted octanol–water partition coefficient (Wildman–Crippen LogP) is 5.90. The van der Waals surface area contributed by atoms with Crippen LogP contribution in [0, 0.1) is 5.92 Å². The van der Waals surface area contributed by atoms with Crippen LogP contribution in [0.2, 0.25) is 0 Å². The van der Waals surface area contributed by atoms with Gasteiger partial charge >= 0.3 is 0 Å². The minimum Gasteiger partial charge on any atom is -0.491 e. The van der Waals surface area contributed by atoms with Crippen LogP contribution in [0.15, 0.2) is 42.5 Å². The van der Waals surface area contributed by atoms with E-state index in [4.69, 9.17) is 9.47 Å². The van der Waals surface area contributed by atoms with Gasteiger partial charge in [-0.1, -0.05) is 44.9 Å². The van der Waals surface area contributed by atoms with Gasteiger partial charge in [0.2, 0.25) is 0 Å². The van der Waals surface area contributed by atoms with Gasteiger partial charge in [0.25, 0.3) is 5.91 Å². The SMILES string of the molecule is CC(C)CCCCc1ccc2c(c1)CC[C@H](NC(=O)c1ccc(OC[C@@H]3CCCO3)cc1)C2. The van der Waals surface area contributed by atoms with Crippen molar-refractivity contribution in [3.63, 3.8) is 0 Å². The van der Waals surface area contributed by atoms with Gasteiger partial charge in [-0.2, -0.15) is 0 Å². The fraction of sp³-hybridized carbons (Fsp3) is 0.552. The van der Waals surface area contributed by atoms with Crippen molar-refractivity contribution >= 4 is 5.91 Å². The first kappa shape index (κ1) is 23.8. The van der Waals surface area contributed by atoms with Crippen LogP contribution in [0.1, 0.15) is 79.4 Å². The summed E-state index contributed by atoms with van der Waals surface area (Å²) in [6.07, 6.45) is 10.4. The number of unbranched alkanes of at least 4 members (excludes halogenated alkanes) is 1. The molecule has 0 spiro atoms. The summed E-state index contributed by atoms with van der Waals surface area (Å²) in [6.45, 7) is 6.00. The third kappa shape index (κ3) is 7.07. The van der Waals surface area contributed by atoms with E-state index in [0.29, 0.717) is 12.2 Å². The van der Waals surface area contributed by atoms with Crippen molar-refractivity contribution in [3.05, 3.63) is 64.7 Å². The van der Waals surface area contributed by atoms with E-state index in [2.05, 4.69) is 37.4 Å². The molecule has 4 rings (SSSR count). The summed E-state index contributed by atoms with van der Waals surface area (Å²) in [5.74, 6) is 1.58. The Hall–Kier alpha value is -2.33. The first-order valence-electron chi connectivity index (χ1n) is 12.8. The molecule has 178 valence electrons. The second-order valence-corrected chi connectivity index (χ2v) is 10.1. The first-order valence-corrected chi connectivity index (χ1v) is 12.8. The molecule has 1 fully saturated rings. The van der Waals surface area contributed by atoms with Crippen molar-refractivity contribution in [3.8, 4) is 5.75 Å². The fourth-order valence-electron chi connectivity index (χ4n) is 4.91. The number of hydrogen-bond acceptors (Lipinski definition) is 3. The monoisotopic (exact) mass is 449 g/mol. The molecule has 0 radical (unpaired) electrons. The Morgan fingerprint density at radius 1 is 1.09 bits per heavy atom. The zero-order chi connectivity index (χ0) is 23.0. The number of aryl methyl sites for hydroxylation is 2. The summed E-state index contributed by atoms with van der Waals surface area (Å²) in [7, 11) is 0. The average Bonchev–Trinajstić information content (AvgIpc) is 3.34. The number of amides is 1.